The lowest BCUT2D eigenvalue weighted by molar-refractivity contribution is -0.117. The molecule has 5 nitrogen and oxygen atoms in total. The van der Waals surface area contributed by atoms with Crippen molar-refractivity contribution in [3.63, 3.8) is 0 Å². The number of carbonyl (C=O) groups excluding carboxylic acids is 1. The average Bonchev–Trinajstić information content (AvgIpc) is 2.47. The Kier molecular flexibility index (Phi) is 4.51. The fourth-order valence-corrected chi connectivity index (χ4v) is 3.31. The maximum Gasteiger partial charge on any atom is 0.267 e. The van der Waals surface area contributed by atoms with Crippen LogP contribution in [0.5, 0.6) is 0 Å². The molecule has 0 saturated heterocycles. The van der Waals surface area contributed by atoms with Crippen molar-refractivity contribution < 1.29 is 4.79 Å². The number of nitrogens with zero attached hydrogens (tertiary/aromatic N) is 2. The average molecular weight is 325 g/mol. The molecular weight excluding hydrogens is 302 g/mol. The van der Waals surface area contributed by atoms with Crippen molar-refractivity contribution in [3.8, 4) is 0 Å². The number of anilines is 1. The number of rotatable bonds is 3. The third-order valence-corrected chi connectivity index (χ3v) is 4.41. The summed E-state index contributed by atoms with van der Waals surface area (Å²) in [6.45, 7) is 6.10. The number of carbonyl (C=O) groups is 1. The van der Waals surface area contributed by atoms with Crippen molar-refractivity contribution in [2.75, 3.05) is 5.32 Å². The Morgan fingerprint density at radius 2 is 1.96 bits per heavy atom. The summed E-state index contributed by atoms with van der Waals surface area (Å²) in [5, 5.41) is 7.26. The quantitative estimate of drug-likeness (QED) is 0.943. The van der Waals surface area contributed by atoms with Crippen LogP contribution < -0.4 is 10.9 Å². The van der Waals surface area contributed by atoms with E-state index >= 15 is 0 Å². The predicted molar refractivity (Wildman–Crippen MR) is 94.2 cm³/mol. The molecule has 1 aromatic heterocycles. The molecule has 126 valence electrons. The number of fused-ring (bicyclic) bond motifs is 1. The van der Waals surface area contributed by atoms with Crippen molar-refractivity contribution in [2.24, 2.45) is 5.92 Å². The van der Waals surface area contributed by atoms with Crippen molar-refractivity contribution in [1.29, 1.82) is 0 Å². The summed E-state index contributed by atoms with van der Waals surface area (Å²) in [5.74, 6) is 0.348. The van der Waals surface area contributed by atoms with Crippen molar-refractivity contribution in [2.45, 2.75) is 46.6 Å². The Morgan fingerprint density at radius 3 is 2.67 bits per heavy atom. The highest BCUT2D eigenvalue weighted by atomic mass is 16.2. The number of aryl methyl sites for hydroxylation is 3. The van der Waals surface area contributed by atoms with E-state index in [1.807, 2.05) is 32.0 Å². The lowest BCUT2D eigenvalue weighted by Crippen LogP contribution is -2.32. The van der Waals surface area contributed by atoms with E-state index in [1.165, 1.54) is 4.68 Å². The minimum Gasteiger partial charge on any atom is -0.324 e. The fourth-order valence-electron chi connectivity index (χ4n) is 3.31. The SMILES string of the molecule is Cc1cc(C)cc(NC(=O)Cn2nc3c(cc2=O)C[C@@H](C)CC3)c1. The van der Waals surface area contributed by atoms with E-state index in [9.17, 15) is 9.59 Å². The number of benzene rings is 1. The molecule has 1 aliphatic carbocycles. The third-order valence-electron chi connectivity index (χ3n) is 4.41. The largest absolute Gasteiger partial charge is 0.324 e. The van der Waals surface area contributed by atoms with Gasteiger partial charge in [-0.05, 0) is 67.9 Å². The molecule has 0 spiro atoms. The molecular formula is C19H23N3O2. The maximum absolute atomic E-state index is 12.3. The van der Waals surface area contributed by atoms with E-state index in [0.717, 1.165) is 47.3 Å². The number of aromatic nitrogens is 2. The number of hydrogen-bond donors (Lipinski definition) is 1. The summed E-state index contributed by atoms with van der Waals surface area (Å²) in [7, 11) is 0. The fraction of sp³-hybridized carbons (Fsp3) is 0.421. The highest BCUT2D eigenvalue weighted by molar-refractivity contribution is 5.90. The molecule has 5 heteroatoms. The molecule has 1 aliphatic rings. The lowest BCUT2D eigenvalue weighted by Gasteiger charge is -2.20. The molecule has 1 heterocycles. The first-order chi connectivity index (χ1) is 11.4. The van der Waals surface area contributed by atoms with Crippen LogP contribution in [0.15, 0.2) is 29.1 Å². The summed E-state index contributed by atoms with van der Waals surface area (Å²) in [6.07, 6.45) is 2.84. The highest BCUT2D eigenvalue weighted by Gasteiger charge is 2.18. The van der Waals surface area contributed by atoms with Crippen LogP contribution in [0.25, 0.3) is 0 Å². The first-order valence-corrected chi connectivity index (χ1v) is 8.39. The van der Waals surface area contributed by atoms with E-state index in [1.54, 1.807) is 6.07 Å². The second-order valence-electron chi connectivity index (χ2n) is 6.88. The van der Waals surface area contributed by atoms with Gasteiger partial charge in [-0.2, -0.15) is 5.10 Å². The summed E-state index contributed by atoms with van der Waals surface area (Å²) in [6, 6.07) is 7.51. The Labute approximate surface area is 141 Å². The Morgan fingerprint density at radius 1 is 1.25 bits per heavy atom. The summed E-state index contributed by atoms with van der Waals surface area (Å²) in [5.41, 5.74) is 4.69. The van der Waals surface area contributed by atoms with E-state index in [4.69, 9.17) is 0 Å². The van der Waals surface area contributed by atoms with Gasteiger partial charge in [-0.25, -0.2) is 4.68 Å². The van der Waals surface area contributed by atoms with Crippen LogP contribution in [-0.2, 0) is 24.2 Å². The topological polar surface area (TPSA) is 64.0 Å². The molecule has 0 saturated carbocycles. The van der Waals surface area contributed by atoms with E-state index in [2.05, 4.69) is 17.3 Å². The van der Waals surface area contributed by atoms with Crippen LogP contribution in [0.3, 0.4) is 0 Å². The zero-order chi connectivity index (χ0) is 17.3. The molecule has 0 aliphatic heterocycles. The van der Waals surface area contributed by atoms with Gasteiger partial charge in [0.05, 0.1) is 5.69 Å². The summed E-state index contributed by atoms with van der Waals surface area (Å²) in [4.78, 5) is 24.5. The van der Waals surface area contributed by atoms with Crippen molar-refractivity contribution in [1.82, 2.24) is 9.78 Å². The van der Waals surface area contributed by atoms with E-state index in [-0.39, 0.29) is 18.0 Å². The minimum absolute atomic E-state index is 0.0609. The highest BCUT2D eigenvalue weighted by Crippen LogP contribution is 2.22. The standard InChI is InChI=1S/C19H23N3O2/c1-12-4-5-17-15(7-12)10-19(24)22(21-17)11-18(23)20-16-8-13(2)6-14(3)9-16/h6,8-10,12H,4-5,7,11H2,1-3H3,(H,20,23)/t12-/m0/s1. The maximum atomic E-state index is 12.3. The zero-order valence-corrected chi connectivity index (χ0v) is 14.4. The first-order valence-electron chi connectivity index (χ1n) is 8.39. The Hall–Kier alpha value is -2.43. The predicted octanol–water partition coefficient (Wildman–Crippen LogP) is 2.62. The molecule has 1 atom stereocenters. The summed E-state index contributed by atoms with van der Waals surface area (Å²) >= 11 is 0. The smallest absolute Gasteiger partial charge is 0.267 e. The van der Waals surface area contributed by atoms with Crippen LogP contribution in [-0.4, -0.2) is 15.7 Å². The molecule has 0 fully saturated rings. The Balaban J connectivity index is 1.76. The minimum atomic E-state index is -0.237. The van der Waals surface area contributed by atoms with Gasteiger partial charge in [0, 0.05) is 11.8 Å². The van der Waals surface area contributed by atoms with Gasteiger partial charge < -0.3 is 5.32 Å². The van der Waals surface area contributed by atoms with Crippen LogP contribution in [0.1, 0.15) is 35.7 Å². The van der Waals surface area contributed by atoms with Gasteiger partial charge in [0.25, 0.3) is 5.56 Å². The molecule has 3 rings (SSSR count). The molecule has 24 heavy (non-hydrogen) atoms. The van der Waals surface area contributed by atoms with Crippen molar-refractivity contribution >= 4 is 11.6 Å². The van der Waals surface area contributed by atoms with Gasteiger partial charge in [-0.15, -0.1) is 0 Å². The van der Waals surface area contributed by atoms with Gasteiger partial charge in [-0.3, -0.25) is 9.59 Å². The van der Waals surface area contributed by atoms with Crippen LogP contribution in [0, 0.1) is 19.8 Å². The number of nitrogens with one attached hydrogen (secondary N) is 1. The third kappa shape index (κ3) is 3.72. The second kappa shape index (κ2) is 6.59. The molecule has 0 bridgehead atoms. The first kappa shape index (κ1) is 16.4. The van der Waals surface area contributed by atoms with E-state index < -0.39 is 0 Å². The van der Waals surface area contributed by atoms with Gasteiger partial charge in [0.1, 0.15) is 6.54 Å². The molecule has 1 aromatic carbocycles. The number of hydrogen-bond acceptors (Lipinski definition) is 3. The molecule has 2 aromatic rings. The number of amides is 1. The molecule has 0 unspecified atom stereocenters. The zero-order valence-electron chi connectivity index (χ0n) is 14.4. The summed E-state index contributed by atoms with van der Waals surface area (Å²) < 4.78 is 1.27. The normalized spacial score (nSPS) is 16.5. The molecule has 1 N–H and O–H groups in total. The molecule has 1 amide bonds. The Bertz CT molecular complexity index is 819. The van der Waals surface area contributed by atoms with Gasteiger partial charge in [0.2, 0.25) is 5.91 Å². The van der Waals surface area contributed by atoms with Gasteiger partial charge in [0.15, 0.2) is 0 Å². The second-order valence-corrected chi connectivity index (χ2v) is 6.88. The molecule has 0 radical (unpaired) electrons. The van der Waals surface area contributed by atoms with Crippen LogP contribution >= 0.6 is 0 Å². The van der Waals surface area contributed by atoms with Gasteiger partial charge in [-0.1, -0.05) is 13.0 Å². The van der Waals surface area contributed by atoms with Crippen molar-refractivity contribution in [3.05, 3.63) is 57.0 Å². The van der Waals surface area contributed by atoms with E-state index in [0.29, 0.717) is 5.92 Å². The van der Waals surface area contributed by atoms with Crippen LogP contribution in [0.4, 0.5) is 5.69 Å². The lowest BCUT2D eigenvalue weighted by atomic mass is 9.88. The van der Waals surface area contributed by atoms with Gasteiger partial charge >= 0.3 is 0 Å². The monoisotopic (exact) mass is 325 g/mol. The van der Waals surface area contributed by atoms with Crippen LogP contribution in [0.2, 0.25) is 0 Å².